The maximum absolute atomic E-state index is 10.9. The molecule has 0 N–H and O–H groups in total. The van der Waals surface area contributed by atoms with Crippen molar-refractivity contribution in [2.75, 3.05) is 26.9 Å². The largest absolute Gasteiger partial charge is 0.463 e. The van der Waals surface area contributed by atoms with Crippen molar-refractivity contribution in [3.8, 4) is 0 Å². The summed E-state index contributed by atoms with van der Waals surface area (Å²) in [5.74, 6) is -0.164. The van der Waals surface area contributed by atoms with E-state index in [0.29, 0.717) is 19.6 Å². The summed E-state index contributed by atoms with van der Waals surface area (Å²) in [7, 11) is 1.61. The van der Waals surface area contributed by atoms with Crippen LogP contribution in [-0.2, 0) is 19.0 Å². The second kappa shape index (κ2) is 5.11. The maximum atomic E-state index is 10.9. The van der Waals surface area contributed by atoms with Gasteiger partial charge in [0.05, 0.1) is 6.61 Å². The van der Waals surface area contributed by atoms with E-state index in [2.05, 4.69) is 0 Å². The number of epoxide rings is 1. The Bertz CT molecular complexity index is 142. The zero-order valence-corrected chi connectivity index (χ0v) is 7.25. The molecule has 0 radical (unpaired) electrons. The van der Waals surface area contributed by atoms with E-state index in [1.807, 2.05) is 0 Å². The molecule has 1 aliphatic rings. The first-order valence-electron chi connectivity index (χ1n) is 4.09. The number of hydrogen-bond acceptors (Lipinski definition) is 4. The number of esters is 1. The Morgan fingerprint density at radius 2 is 2.42 bits per heavy atom. The second-order valence-electron chi connectivity index (χ2n) is 2.73. The number of rotatable bonds is 6. The van der Waals surface area contributed by atoms with Crippen LogP contribution in [0.15, 0.2) is 0 Å². The Labute approximate surface area is 71.8 Å². The van der Waals surface area contributed by atoms with E-state index in [4.69, 9.17) is 14.2 Å². The topological polar surface area (TPSA) is 48.1 Å². The lowest BCUT2D eigenvalue weighted by Crippen LogP contribution is -2.10. The third-order valence-corrected chi connectivity index (χ3v) is 1.56. The summed E-state index contributed by atoms with van der Waals surface area (Å²) in [4.78, 5) is 10.9. The van der Waals surface area contributed by atoms with Gasteiger partial charge in [-0.3, -0.25) is 4.79 Å². The molecular formula is C8H14O4. The predicted octanol–water partition coefficient (Wildman–Crippen LogP) is 0.355. The van der Waals surface area contributed by atoms with Crippen LogP contribution in [0.25, 0.3) is 0 Å². The summed E-state index contributed by atoms with van der Waals surface area (Å²) in [6, 6.07) is 0. The van der Waals surface area contributed by atoms with Gasteiger partial charge in [-0.05, 0) is 6.42 Å². The first-order chi connectivity index (χ1) is 5.83. The molecular weight excluding hydrogens is 160 g/mol. The van der Waals surface area contributed by atoms with Gasteiger partial charge in [0, 0.05) is 20.1 Å². The standard InChI is InChI=1S/C8H14O4/c1-10-4-2-3-8(9)12-6-7-5-11-7/h7H,2-6H2,1H3. The van der Waals surface area contributed by atoms with Crippen LogP contribution >= 0.6 is 0 Å². The minimum Gasteiger partial charge on any atom is -0.463 e. The highest BCUT2D eigenvalue weighted by Gasteiger charge is 2.23. The number of hydrogen-bond donors (Lipinski definition) is 0. The van der Waals surface area contributed by atoms with Gasteiger partial charge in [-0.1, -0.05) is 0 Å². The molecule has 1 fully saturated rings. The van der Waals surface area contributed by atoms with Crippen LogP contribution < -0.4 is 0 Å². The highest BCUT2D eigenvalue weighted by molar-refractivity contribution is 5.69. The third kappa shape index (κ3) is 4.31. The first-order valence-corrected chi connectivity index (χ1v) is 4.09. The Morgan fingerprint density at radius 3 is 3.00 bits per heavy atom. The van der Waals surface area contributed by atoms with Crippen LogP contribution in [0.5, 0.6) is 0 Å². The Balaban J connectivity index is 1.88. The summed E-state index contributed by atoms with van der Waals surface area (Å²) >= 11 is 0. The van der Waals surface area contributed by atoms with E-state index in [1.54, 1.807) is 7.11 Å². The van der Waals surface area contributed by atoms with Gasteiger partial charge < -0.3 is 14.2 Å². The summed E-state index contributed by atoms with van der Waals surface area (Å²) in [5.41, 5.74) is 0. The van der Waals surface area contributed by atoms with Crippen molar-refractivity contribution in [2.24, 2.45) is 0 Å². The Kier molecular flexibility index (Phi) is 4.04. The van der Waals surface area contributed by atoms with Gasteiger partial charge in [-0.15, -0.1) is 0 Å². The molecule has 0 saturated carbocycles. The number of carbonyl (C=O) groups is 1. The van der Waals surface area contributed by atoms with Crippen molar-refractivity contribution >= 4 is 5.97 Å². The van der Waals surface area contributed by atoms with Crippen molar-refractivity contribution in [3.63, 3.8) is 0 Å². The molecule has 1 saturated heterocycles. The SMILES string of the molecule is COCCCC(=O)OCC1CO1. The lowest BCUT2D eigenvalue weighted by Gasteiger charge is -2.01. The summed E-state index contributed by atoms with van der Waals surface area (Å²) in [6.07, 6.45) is 1.32. The molecule has 1 rings (SSSR count). The summed E-state index contributed by atoms with van der Waals surface area (Å²) < 4.78 is 14.6. The van der Waals surface area contributed by atoms with Gasteiger partial charge in [0.15, 0.2) is 0 Å². The molecule has 0 amide bonds. The smallest absolute Gasteiger partial charge is 0.305 e. The quantitative estimate of drug-likeness (QED) is 0.331. The Hall–Kier alpha value is -0.610. The average molecular weight is 174 g/mol. The van der Waals surface area contributed by atoms with E-state index in [0.717, 1.165) is 13.0 Å². The van der Waals surface area contributed by atoms with Gasteiger partial charge in [0.25, 0.3) is 0 Å². The van der Waals surface area contributed by atoms with Crippen LogP contribution in [0.2, 0.25) is 0 Å². The van der Waals surface area contributed by atoms with Gasteiger partial charge in [0.2, 0.25) is 0 Å². The van der Waals surface area contributed by atoms with E-state index in [1.165, 1.54) is 0 Å². The molecule has 0 aliphatic carbocycles. The van der Waals surface area contributed by atoms with Gasteiger partial charge in [0.1, 0.15) is 12.7 Å². The van der Waals surface area contributed by atoms with Crippen LogP contribution in [0.1, 0.15) is 12.8 Å². The fourth-order valence-corrected chi connectivity index (χ4v) is 0.783. The highest BCUT2D eigenvalue weighted by atomic mass is 16.6. The Morgan fingerprint density at radius 1 is 1.67 bits per heavy atom. The third-order valence-electron chi connectivity index (χ3n) is 1.56. The average Bonchev–Trinajstić information content (AvgIpc) is 2.84. The number of ether oxygens (including phenoxy) is 3. The van der Waals surface area contributed by atoms with Crippen molar-refractivity contribution in [1.29, 1.82) is 0 Å². The molecule has 1 heterocycles. The van der Waals surface area contributed by atoms with Crippen molar-refractivity contribution in [1.82, 2.24) is 0 Å². The highest BCUT2D eigenvalue weighted by Crippen LogP contribution is 2.09. The lowest BCUT2D eigenvalue weighted by molar-refractivity contribution is -0.144. The van der Waals surface area contributed by atoms with Gasteiger partial charge >= 0.3 is 5.97 Å². The zero-order chi connectivity index (χ0) is 8.81. The predicted molar refractivity (Wildman–Crippen MR) is 41.8 cm³/mol. The van der Waals surface area contributed by atoms with Crippen molar-refractivity contribution in [2.45, 2.75) is 18.9 Å². The van der Waals surface area contributed by atoms with E-state index in [9.17, 15) is 4.79 Å². The molecule has 0 aromatic carbocycles. The lowest BCUT2D eigenvalue weighted by atomic mass is 10.3. The first kappa shape index (κ1) is 9.48. The van der Waals surface area contributed by atoms with E-state index >= 15 is 0 Å². The fraction of sp³-hybridized carbons (Fsp3) is 0.875. The number of carbonyl (C=O) groups excluding carboxylic acids is 1. The molecule has 4 nitrogen and oxygen atoms in total. The number of methoxy groups -OCH3 is 1. The summed E-state index contributed by atoms with van der Waals surface area (Å²) in [5, 5.41) is 0. The molecule has 0 spiro atoms. The molecule has 0 aromatic heterocycles. The second-order valence-corrected chi connectivity index (χ2v) is 2.73. The molecule has 12 heavy (non-hydrogen) atoms. The van der Waals surface area contributed by atoms with Crippen molar-refractivity contribution in [3.05, 3.63) is 0 Å². The van der Waals surface area contributed by atoms with Crippen LogP contribution in [-0.4, -0.2) is 39.0 Å². The van der Waals surface area contributed by atoms with Crippen LogP contribution in [0.4, 0.5) is 0 Å². The maximum Gasteiger partial charge on any atom is 0.305 e. The minimum atomic E-state index is -0.164. The monoisotopic (exact) mass is 174 g/mol. The van der Waals surface area contributed by atoms with E-state index < -0.39 is 0 Å². The molecule has 4 heteroatoms. The van der Waals surface area contributed by atoms with Gasteiger partial charge in [-0.25, -0.2) is 0 Å². The molecule has 0 bridgehead atoms. The molecule has 1 aliphatic heterocycles. The van der Waals surface area contributed by atoms with Crippen LogP contribution in [0.3, 0.4) is 0 Å². The molecule has 0 aromatic rings. The van der Waals surface area contributed by atoms with E-state index in [-0.39, 0.29) is 12.1 Å². The van der Waals surface area contributed by atoms with Crippen molar-refractivity contribution < 1.29 is 19.0 Å². The van der Waals surface area contributed by atoms with Crippen LogP contribution in [0, 0.1) is 0 Å². The summed E-state index contributed by atoms with van der Waals surface area (Å²) in [6.45, 7) is 1.74. The zero-order valence-electron chi connectivity index (χ0n) is 7.25. The molecule has 1 unspecified atom stereocenters. The molecule has 1 atom stereocenters. The van der Waals surface area contributed by atoms with Gasteiger partial charge in [-0.2, -0.15) is 0 Å². The minimum absolute atomic E-state index is 0.163. The normalized spacial score (nSPS) is 20.6. The molecule has 70 valence electrons. The fourth-order valence-electron chi connectivity index (χ4n) is 0.783.